The van der Waals surface area contributed by atoms with Crippen LogP contribution in [0.4, 0.5) is 13.2 Å². The molecule has 0 amide bonds. The lowest BCUT2D eigenvalue weighted by atomic mass is 10.0. The molecule has 0 bridgehead atoms. The summed E-state index contributed by atoms with van der Waals surface area (Å²) in [5.74, 6) is 0. The summed E-state index contributed by atoms with van der Waals surface area (Å²) < 4.78 is 37.9. The van der Waals surface area contributed by atoms with Gasteiger partial charge in [0.25, 0.3) is 0 Å². The molecule has 2 heterocycles. The molecule has 1 fully saturated rings. The Hall–Kier alpha value is -0.110. The standard InChI is InChI=1S/C13H18BrF3N2S/c14-12-2-1-11(20-12)3-6-18-10-4-7-19(8-5-10)9-13(15,16)17/h1-2,10,18H,3-9H2. The van der Waals surface area contributed by atoms with Crippen molar-refractivity contribution >= 4 is 27.3 Å². The van der Waals surface area contributed by atoms with E-state index in [0.29, 0.717) is 19.1 Å². The summed E-state index contributed by atoms with van der Waals surface area (Å²) in [7, 11) is 0. The van der Waals surface area contributed by atoms with Gasteiger partial charge >= 0.3 is 6.18 Å². The molecule has 1 aromatic heterocycles. The number of piperidine rings is 1. The first-order chi connectivity index (χ1) is 9.42. The first-order valence-corrected chi connectivity index (χ1v) is 8.30. The summed E-state index contributed by atoms with van der Waals surface area (Å²) in [6.07, 6.45) is -1.51. The average Bonchev–Trinajstić information content (AvgIpc) is 2.75. The van der Waals surface area contributed by atoms with Gasteiger partial charge in [0.2, 0.25) is 0 Å². The highest BCUT2D eigenvalue weighted by molar-refractivity contribution is 9.11. The third-order valence-electron chi connectivity index (χ3n) is 3.42. The second kappa shape index (κ2) is 7.24. The Morgan fingerprint density at radius 3 is 2.55 bits per heavy atom. The number of hydrogen-bond acceptors (Lipinski definition) is 3. The molecule has 1 aromatic rings. The summed E-state index contributed by atoms with van der Waals surface area (Å²) >= 11 is 5.16. The molecule has 1 N–H and O–H groups in total. The highest BCUT2D eigenvalue weighted by Gasteiger charge is 2.32. The lowest BCUT2D eigenvalue weighted by Crippen LogP contribution is -2.45. The molecule has 0 saturated carbocycles. The minimum Gasteiger partial charge on any atom is -0.314 e. The molecule has 20 heavy (non-hydrogen) atoms. The van der Waals surface area contributed by atoms with Crippen LogP contribution < -0.4 is 5.32 Å². The Kier molecular flexibility index (Phi) is 5.89. The van der Waals surface area contributed by atoms with Crippen LogP contribution >= 0.6 is 27.3 Å². The maximum atomic E-state index is 12.3. The molecule has 1 aliphatic rings. The van der Waals surface area contributed by atoms with Gasteiger partial charge in [-0.3, -0.25) is 4.90 Å². The maximum Gasteiger partial charge on any atom is 0.401 e. The second-order valence-corrected chi connectivity index (χ2v) is 7.62. The van der Waals surface area contributed by atoms with E-state index in [4.69, 9.17) is 0 Å². The highest BCUT2D eigenvalue weighted by atomic mass is 79.9. The highest BCUT2D eigenvalue weighted by Crippen LogP contribution is 2.22. The fourth-order valence-electron chi connectivity index (χ4n) is 2.43. The predicted molar refractivity (Wildman–Crippen MR) is 79.2 cm³/mol. The Morgan fingerprint density at radius 2 is 2.00 bits per heavy atom. The van der Waals surface area contributed by atoms with Crippen molar-refractivity contribution in [1.29, 1.82) is 0 Å². The second-order valence-electron chi connectivity index (χ2n) is 5.08. The predicted octanol–water partition coefficient (Wildman–Crippen LogP) is 3.67. The molecule has 0 aliphatic carbocycles. The molecule has 7 heteroatoms. The number of rotatable bonds is 5. The van der Waals surface area contributed by atoms with Crippen molar-refractivity contribution in [3.05, 3.63) is 20.8 Å². The Balaban J connectivity index is 1.62. The van der Waals surface area contributed by atoms with Crippen LogP contribution in [0.1, 0.15) is 17.7 Å². The molecule has 114 valence electrons. The minimum absolute atomic E-state index is 0.350. The SMILES string of the molecule is FC(F)(F)CN1CCC(NCCc2ccc(Br)s2)CC1. The van der Waals surface area contributed by atoms with Gasteiger partial charge in [0.15, 0.2) is 0 Å². The summed E-state index contributed by atoms with van der Waals surface area (Å²) in [5, 5.41) is 3.45. The van der Waals surface area contributed by atoms with Crippen LogP contribution in [-0.4, -0.2) is 43.3 Å². The van der Waals surface area contributed by atoms with Gasteiger partial charge < -0.3 is 5.32 Å². The fraction of sp³-hybridized carbons (Fsp3) is 0.692. The van der Waals surface area contributed by atoms with Gasteiger partial charge in [0, 0.05) is 17.5 Å². The number of thiophene rings is 1. The molecule has 0 unspecified atom stereocenters. The van der Waals surface area contributed by atoms with E-state index in [-0.39, 0.29) is 0 Å². The van der Waals surface area contributed by atoms with Gasteiger partial charge in [-0.25, -0.2) is 0 Å². The number of nitrogens with zero attached hydrogens (tertiary/aromatic N) is 1. The van der Waals surface area contributed by atoms with E-state index >= 15 is 0 Å². The first-order valence-electron chi connectivity index (χ1n) is 6.69. The van der Waals surface area contributed by atoms with Crippen LogP contribution in [0, 0.1) is 0 Å². The van der Waals surface area contributed by atoms with Gasteiger partial charge in [-0.1, -0.05) is 0 Å². The van der Waals surface area contributed by atoms with Gasteiger partial charge in [0.05, 0.1) is 10.3 Å². The minimum atomic E-state index is -4.08. The third kappa shape index (κ3) is 5.71. The molecule has 1 aliphatic heterocycles. The van der Waals surface area contributed by atoms with Crippen LogP contribution in [0.25, 0.3) is 0 Å². The van der Waals surface area contributed by atoms with Crippen molar-refractivity contribution in [2.24, 2.45) is 0 Å². The summed E-state index contributed by atoms with van der Waals surface area (Å²) in [6, 6.07) is 4.49. The zero-order valence-corrected chi connectivity index (χ0v) is 13.5. The normalized spacial score (nSPS) is 18.6. The molecular weight excluding hydrogens is 353 g/mol. The smallest absolute Gasteiger partial charge is 0.314 e. The molecule has 1 saturated heterocycles. The molecule has 0 aromatic carbocycles. The van der Waals surface area contributed by atoms with Crippen LogP contribution in [0.2, 0.25) is 0 Å². The van der Waals surface area contributed by atoms with Crippen molar-refractivity contribution in [2.75, 3.05) is 26.2 Å². The topological polar surface area (TPSA) is 15.3 Å². The summed E-state index contributed by atoms with van der Waals surface area (Å²) in [5.41, 5.74) is 0. The van der Waals surface area contributed by atoms with Crippen LogP contribution in [0.15, 0.2) is 15.9 Å². The molecule has 2 rings (SSSR count). The maximum absolute atomic E-state index is 12.3. The van der Waals surface area contributed by atoms with Crippen molar-refractivity contribution in [3.8, 4) is 0 Å². The molecule has 0 atom stereocenters. The van der Waals surface area contributed by atoms with Crippen molar-refractivity contribution in [1.82, 2.24) is 10.2 Å². The van der Waals surface area contributed by atoms with E-state index in [1.807, 2.05) is 6.07 Å². The number of halogens is 4. The number of alkyl halides is 3. The monoisotopic (exact) mass is 370 g/mol. The third-order valence-corrected chi connectivity index (χ3v) is 5.11. The number of nitrogens with one attached hydrogen (secondary N) is 1. The van der Waals surface area contributed by atoms with E-state index in [1.165, 1.54) is 9.78 Å². The van der Waals surface area contributed by atoms with Crippen molar-refractivity contribution in [3.63, 3.8) is 0 Å². The van der Waals surface area contributed by atoms with E-state index in [9.17, 15) is 13.2 Å². The van der Waals surface area contributed by atoms with Gasteiger partial charge in [0.1, 0.15) is 0 Å². The Bertz CT molecular complexity index is 414. The van der Waals surface area contributed by atoms with Crippen LogP contribution in [0.3, 0.4) is 0 Å². The van der Waals surface area contributed by atoms with Crippen LogP contribution in [0.5, 0.6) is 0 Å². The number of hydrogen-bond donors (Lipinski definition) is 1. The van der Waals surface area contributed by atoms with E-state index in [2.05, 4.69) is 27.3 Å². The van der Waals surface area contributed by atoms with E-state index in [1.54, 1.807) is 11.3 Å². The average molecular weight is 371 g/mol. The number of likely N-dealkylation sites (tertiary alicyclic amines) is 1. The van der Waals surface area contributed by atoms with Crippen molar-refractivity contribution in [2.45, 2.75) is 31.5 Å². The zero-order valence-electron chi connectivity index (χ0n) is 11.0. The fourth-order valence-corrected chi connectivity index (χ4v) is 3.92. The van der Waals surface area contributed by atoms with Gasteiger partial charge in [-0.2, -0.15) is 13.2 Å². The van der Waals surface area contributed by atoms with Gasteiger partial charge in [-0.15, -0.1) is 11.3 Å². The zero-order chi connectivity index (χ0) is 14.6. The Labute approximate surface area is 129 Å². The van der Waals surface area contributed by atoms with Crippen LogP contribution in [-0.2, 0) is 6.42 Å². The summed E-state index contributed by atoms with van der Waals surface area (Å²) in [6.45, 7) is 1.17. The Morgan fingerprint density at radius 1 is 1.30 bits per heavy atom. The molecule has 0 radical (unpaired) electrons. The lowest BCUT2D eigenvalue weighted by Gasteiger charge is -2.32. The lowest BCUT2D eigenvalue weighted by molar-refractivity contribution is -0.148. The van der Waals surface area contributed by atoms with E-state index in [0.717, 1.165) is 29.6 Å². The van der Waals surface area contributed by atoms with Gasteiger partial charge in [-0.05, 0) is 60.4 Å². The van der Waals surface area contributed by atoms with E-state index < -0.39 is 12.7 Å². The largest absolute Gasteiger partial charge is 0.401 e. The molecule has 2 nitrogen and oxygen atoms in total. The molecule has 0 spiro atoms. The summed E-state index contributed by atoms with van der Waals surface area (Å²) in [4.78, 5) is 2.81. The van der Waals surface area contributed by atoms with Crippen molar-refractivity contribution < 1.29 is 13.2 Å². The quantitative estimate of drug-likeness (QED) is 0.850. The molecular formula is C13H18BrF3N2S. The first kappa shape index (κ1) is 16.3.